The van der Waals surface area contributed by atoms with Gasteiger partial charge in [-0.05, 0) is 30.4 Å². The fraction of sp³-hybridized carbons (Fsp3) is 0.846. The van der Waals surface area contributed by atoms with Crippen LogP contribution >= 0.6 is 11.8 Å². The van der Waals surface area contributed by atoms with Crippen molar-refractivity contribution in [3.8, 4) is 0 Å². The zero-order valence-electron chi connectivity index (χ0n) is 11.7. The van der Waals surface area contributed by atoms with Gasteiger partial charge in [0.25, 0.3) is 0 Å². The number of carboxylic acids is 1. The highest BCUT2D eigenvalue weighted by molar-refractivity contribution is 8.00. The first-order chi connectivity index (χ1) is 9.04. The van der Waals surface area contributed by atoms with Crippen LogP contribution in [0.3, 0.4) is 0 Å². The van der Waals surface area contributed by atoms with Gasteiger partial charge in [0.2, 0.25) is 0 Å². The van der Waals surface area contributed by atoms with Crippen molar-refractivity contribution >= 4 is 23.7 Å². The second-order valence-electron chi connectivity index (χ2n) is 5.16. The molecule has 0 saturated carbocycles. The summed E-state index contributed by atoms with van der Waals surface area (Å²) in [6.07, 6.45) is 3.12. The number of hydrogen-bond donors (Lipinski definition) is 4. The Labute approximate surface area is 119 Å². The molecule has 5 nitrogen and oxygen atoms in total. The summed E-state index contributed by atoms with van der Waals surface area (Å²) < 4.78 is 0. The second-order valence-corrected chi connectivity index (χ2v) is 6.43. The van der Waals surface area contributed by atoms with Crippen LogP contribution in [0.15, 0.2) is 0 Å². The molecule has 0 aromatic rings. The summed E-state index contributed by atoms with van der Waals surface area (Å²) in [5, 5.41) is 22.7. The number of aliphatic carboxylic acids is 1. The highest BCUT2D eigenvalue weighted by Crippen LogP contribution is 2.39. The van der Waals surface area contributed by atoms with Crippen molar-refractivity contribution in [1.29, 1.82) is 5.41 Å². The Hall–Kier alpha value is -0.910. The predicted octanol–water partition coefficient (Wildman–Crippen LogP) is 1.74. The van der Waals surface area contributed by atoms with Crippen molar-refractivity contribution in [2.24, 2.45) is 11.8 Å². The van der Waals surface area contributed by atoms with Gasteiger partial charge in [-0.15, -0.1) is 0 Å². The van der Waals surface area contributed by atoms with Gasteiger partial charge in [-0.3, -0.25) is 10.2 Å². The molecule has 0 unspecified atom stereocenters. The quantitative estimate of drug-likeness (QED) is 0.326. The van der Waals surface area contributed by atoms with Gasteiger partial charge >= 0.3 is 5.97 Å². The average molecular weight is 287 g/mol. The smallest absolute Gasteiger partial charge is 0.303 e. The van der Waals surface area contributed by atoms with E-state index in [4.69, 9.17) is 10.5 Å². The van der Waals surface area contributed by atoms with Crippen LogP contribution in [0.5, 0.6) is 0 Å². The highest BCUT2D eigenvalue weighted by atomic mass is 32.2. The molecule has 1 aliphatic heterocycles. The number of guanidine groups is 1. The van der Waals surface area contributed by atoms with Gasteiger partial charge in [-0.2, -0.15) is 11.8 Å². The van der Waals surface area contributed by atoms with E-state index in [0.717, 1.165) is 25.8 Å². The zero-order chi connectivity index (χ0) is 14.3. The van der Waals surface area contributed by atoms with Crippen LogP contribution < -0.4 is 10.6 Å². The fourth-order valence-corrected chi connectivity index (χ4v) is 4.19. The van der Waals surface area contributed by atoms with Crippen molar-refractivity contribution in [2.75, 3.05) is 19.3 Å². The first-order valence-corrected chi connectivity index (χ1v) is 7.93. The molecule has 6 heteroatoms. The lowest BCUT2D eigenvalue weighted by Gasteiger charge is -2.22. The molecule has 0 bridgehead atoms. The van der Waals surface area contributed by atoms with E-state index in [0.29, 0.717) is 23.0 Å². The van der Waals surface area contributed by atoms with Crippen LogP contribution in [0.25, 0.3) is 0 Å². The predicted molar refractivity (Wildman–Crippen MR) is 79.8 cm³/mol. The normalized spacial score (nSPS) is 26.1. The van der Waals surface area contributed by atoms with Crippen LogP contribution in [0.4, 0.5) is 0 Å². The number of thioether (sulfide) groups is 1. The summed E-state index contributed by atoms with van der Waals surface area (Å²) in [4.78, 5) is 10.5. The third-order valence-corrected chi connectivity index (χ3v) is 5.41. The maximum absolute atomic E-state index is 10.5. The topological polar surface area (TPSA) is 85.2 Å². The maximum atomic E-state index is 10.5. The highest BCUT2D eigenvalue weighted by Gasteiger charge is 2.33. The molecule has 0 aromatic heterocycles. The maximum Gasteiger partial charge on any atom is 0.303 e. The monoisotopic (exact) mass is 287 g/mol. The summed E-state index contributed by atoms with van der Waals surface area (Å²) in [7, 11) is 1.74. The number of nitrogens with one attached hydrogen (secondary N) is 3. The van der Waals surface area contributed by atoms with Gasteiger partial charge in [0.1, 0.15) is 0 Å². The number of carbonyl (C=O) groups is 1. The Morgan fingerprint density at radius 1 is 1.47 bits per heavy atom. The number of hydrogen-bond acceptors (Lipinski definition) is 3. The molecule has 1 fully saturated rings. The Kier molecular flexibility index (Phi) is 7.05. The third-order valence-electron chi connectivity index (χ3n) is 3.68. The Balaban J connectivity index is 2.30. The number of unbranched alkanes of at least 4 members (excludes halogenated alkanes) is 1. The van der Waals surface area contributed by atoms with E-state index >= 15 is 0 Å². The second kappa shape index (κ2) is 8.30. The zero-order valence-corrected chi connectivity index (χ0v) is 12.6. The molecule has 0 spiro atoms. The van der Waals surface area contributed by atoms with Crippen LogP contribution in [0, 0.1) is 17.2 Å². The van der Waals surface area contributed by atoms with E-state index < -0.39 is 5.97 Å². The standard InChI is InChI=1S/C13H25N3O2S/c1-9-8-19-11(5-3-4-6-12(17)18)10(9)7-16-13(14)15-2/h9-11H,3-8H2,1-2H3,(H,17,18)(H3,14,15,16)/t9-,10-,11-/m0/s1. The average Bonchev–Trinajstić information content (AvgIpc) is 2.72. The lowest BCUT2D eigenvalue weighted by atomic mass is 9.90. The summed E-state index contributed by atoms with van der Waals surface area (Å²) in [5.41, 5.74) is 0. The molecular weight excluding hydrogens is 262 g/mol. The van der Waals surface area contributed by atoms with Gasteiger partial charge in [-0.1, -0.05) is 13.3 Å². The van der Waals surface area contributed by atoms with E-state index in [-0.39, 0.29) is 6.42 Å². The Morgan fingerprint density at radius 2 is 2.21 bits per heavy atom. The van der Waals surface area contributed by atoms with Crippen molar-refractivity contribution in [1.82, 2.24) is 10.6 Å². The lowest BCUT2D eigenvalue weighted by molar-refractivity contribution is -0.137. The van der Waals surface area contributed by atoms with Crippen LogP contribution in [-0.4, -0.2) is 41.6 Å². The van der Waals surface area contributed by atoms with Crippen LogP contribution in [0.1, 0.15) is 32.6 Å². The summed E-state index contributed by atoms with van der Waals surface area (Å²) in [6, 6.07) is 0. The van der Waals surface area contributed by atoms with Gasteiger partial charge in [0, 0.05) is 25.3 Å². The third kappa shape index (κ3) is 5.72. The lowest BCUT2D eigenvalue weighted by Crippen LogP contribution is -2.39. The molecule has 0 amide bonds. The molecule has 4 N–H and O–H groups in total. The molecule has 3 atom stereocenters. The Morgan fingerprint density at radius 3 is 2.84 bits per heavy atom. The van der Waals surface area contributed by atoms with Gasteiger partial charge < -0.3 is 15.7 Å². The summed E-state index contributed by atoms with van der Waals surface area (Å²) in [5.74, 6) is 2.07. The van der Waals surface area contributed by atoms with Crippen LogP contribution in [0.2, 0.25) is 0 Å². The molecule has 0 aliphatic carbocycles. The van der Waals surface area contributed by atoms with E-state index in [2.05, 4.69) is 17.6 Å². The largest absolute Gasteiger partial charge is 0.481 e. The Bertz CT molecular complexity index is 312. The molecule has 1 saturated heterocycles. The molecule has 0 radical (unpaired) electrons. The molecule has 1 aliphatic rings. The van der Waals surface area contributed by atoms with Gasteiger partial charge in [-0.25, -0.2) is 0 Å². The molecule has 110 valence electrons. The molecule has 19 heavy (non-hydrogen) atoms. The minimum Gasteiger partial charge on any atom is -0.481 e. The van der Waals surface area contributed by atoms with Crippen molar-refractivity contribution in [3.63, 3.8) is 0 Å². The summed E-state index contributed by atoms with van der Waals surface area (Å²) in [6.45, 7) is 3.09. The first-order valence-electron chi connectivity index (χ1n) is 6.88. The molecule has 1 heterocycles. The van der Waals surface area contributed by atoms with E-state index in [1.807, 2.05) is 11.8 Å². The fourth-order valence-electron chi connectivity index (χ4n) is 2.45. The van der Waals surface area contributed by atoms with Crippen molar-refractivity contribution in [3.05, 3.63) is 0 Å². The SMILES string of the molecule is CNC(=N)NC[C@@H]1[C@H](CCCCC(=O)O)SC[C@@H]1C. The molecular formula is C13H25N3O2S. The molecule has 1 rings (SSSR count). The van der Waals surface area contributed by atoms with E-state index in [1.54, 1.807) is 7.05 Å². The minimum atomic E-state index is -0.701. The van der Waals surface area contributed by atoms with Gasteiger partial charge in [0.05, 0.1) is 0 Å². The minimum absolute atomic E-state index is 0.278. The number of rotatable bonds is 7. The first kappa shape index (κ1) is 16.1. The number of carboxylic acid groups (broad SMARTS) is 1. The summed E-state index contributed by atoms with van der Waals surface area (Å²) >= 11 is 2.00. The molecule has 0 aromatic carbocycles. The van der Waals surface area contributed by atoms with Gasteiger partial charge in [0.15, 0.2) is 5.96 Å². The van der Waals surface area contributed by atoms with E-state index in [1.165, 1.54) is 5.75 Å². The van der Waals surface area contributed by atoms with Crippen molar-refractivity contribution in [2.45, 2.75) is 37.9 Å². The van der Waals surface area contributed by atoms with Crippen LogP contribution in [-0.2, 0) is 4.79 Å². The van der Waals surface area contributed by atoms with E-state index in [9.17, 15) is 4.79 Å². The van der Waals surface area contributed by atoms with Crippen molar-refractivity contribution < 1.29 is 9.90 Å².